The molecule has 0 N–H and O–H groups in total. The van der Waals surface area contributed by atoms with Crippen LogP contribution in [-0.2, 0) is 11.2 Å². The van der Waals surface area contributed by atoms with E-state index in [-0.39, 0.29) is 0 Å². The number of hydrogen-bond acceptors (Lipinski definition) is 1. The van der Waals surface area contributed by atoms with Gasteiger partial charge in [-0.2, -0.15) is 0 Å². The lowest BCUT2D eigenvalue weighted by molar-refractivity contribution is -0.104. The lowest BCUT2D eigenvalue weighted by Crippen LogP contribution is -1.99. The highest BCUT2D eigenvalue weighted by molar-refractivity contribution is 5.99. The van der Waals surface area contributed by atoms with Gasteiger partial charge in [-0.15, -0.1) is 0 Å². The van der Waals surface area contributed by atoms with Crippen molar-refractivity contribution in [3.8, 4) is 0 Å². The van der Waals surface area contributed by atoms with Crippen molar-refractivity contribution < 1.29 is 4.79 Å². The largest absolute Gasteiger partial charge is 0.298 e. The number of carbonyl (C=O) groups is 1. The van der Waals surface area contributed by atoms with E-state index in [1.165, 1.54) is 16.3 Å². The first-order valence-corrected chi connectivity index (χ1v) is 5.05. The predicted octanol–water partition coefficient (Wildman–Crippen LogP) is 2.98. The quantitative estimate of drug-likeness (QED) is 0.638. The average molecular weight is 194 g/mol. The van der Waals surface area contributed by atoms with Crippen molar-refractivity contribution >= 4 is 23.1 Å². The molecule has 0 saturated heterocycles. The van der Waals surface area contributed by atoms with E-state index in [0.717, 1.165) is 23.8 Å². The molecule has 0 fully saturated rings. The third kappa shape index (κ3) is 1.20. The van der Waals surface area contributed by atoms with E-state index in [9.17, 15) is 4.79 Å². The molecule has 2 aromatic rings. The second-order valence-electron chi connectivity index (χ2n) is 3.88. The van der Waals surface area contributed by atoms with Gasteiger partial charge >= 0.3 is 0 Å². The minimum Gasteiger partial charge on any atom is -0.298 e. The van der Waals surface area contributed by atoms with Crippen LogP contribution in [0.4, 0.5) is 0 Å². The van der Waals surface area contributed by atoms with Crippen LogP contribution in [0.5, 0.6) is 0 Å². The Morgan fingerprint density at radius 3 is 2.67 bits per heavy atom. The Kier molecular flexibility index (Phi) is 1.72. The Bertz CT molecular complexity index is 574. The SMILES string of the molecule is O=CC1=Cc2cccc3cccc(c23)C1. The first kappa shape index (κ1) is 8.42. The summed E-state index contributed by atoms with van der Waals surface area (Å²) < 4.78 is 0. The molecule has 15 heavy (non-hydrogen) atoms. The summed E-state index contributed by atoms with van der Waals surface area (Å²) >= 11 is 0. The number of allylic oxidation sites excluding steroid dienone is 1. The van der Waals surface area contributed by atoms with Crippen molar-refractivity contribution in [1.82, 2.24) is 0 Å². The zero-order valence-corrected chi connectivity index (χ0v) is 8.23. The summed E-state index contributed by atoms with van der Waals surface area (Å²) in [5.41, 5.74) is 3.28. The molecule has 1 nitrogen and oxygen atoms in total. The second kappa shape index (κ2) is 3.06. The Morgan fingerprint density at radius 2 is 1.87 bits per heavy atom. The Balaban J connectivity index is 2.42. The summed E-state index contributed by atoms with van der Waals surface area (Å²) in [6.07, 6.45) is 3.70. The summed E-state index contributed by atoms with van der Waals surface area (Å²) in [6.45, 7) is 0. The summed E-state index contributed by atoms with van der Waals surface area (Å²) in [5, 5.41) is 2.55. The molecule has 0 heterocycles. The number of benzene rings is 2. The fourth-order valence-electron chi connectivity index (χ4n) is 2.26. The Hall–Kier alpha value is -1.89. The van der Waals surface area contributed by atoms with E-state index >= 15 is 0 Å². The maximum atomic E-state index is 10.8. The lowest BCUT2D eigenvalue weighted by Gasteiger charge is -2.14. The van der Waals surface area contributed by atoms with Crippen molar-refractivity contribution in [2.45, 2.75) is 6.42 Å². The maximum Gasteiger partial charge on any atom is 0.146 e. The lowest BCUT2D eigenvalue weighted by atomic mass is 9.89. The van der Waals surface area contributed by atoms with Crippen LogP contribution in [0.2, 0.25) is 0 Å². The fourth-order valence-corrected chi connectivity index (χ4v) is 2.26. The average Bonchev–Trinajstić information content (AvgIpc) is 2.29. The van der Waals surface area contributed by atoms with Gasteiger partial charge in [-0.05, 0) is 33.5 Å². The molecule has 1 aliphatic rings. The smallest absolute Gasteiger partial charge is 0.146 e. The first-order valence-electron chi connectivity index (χ1n) is 5.05. The Labute approximate surface area is 88.0 Å². The molecular weight excluding hydrogens is 184 g/mol. The normalized spacial score (nSPS) is 13.7. The number of rotatable bonds is 1. The summed E-state index contributed by atoms with van der Waals surface area (Å²) in [4.78, 5) is 10.8. The molecular formula is C14H10O. The molecule has 0 bridgehead atoms. The van der Waals surface area contributed by atoms with Gasteiger partial charge in [0.05, 0.1) is 0 Å². The van der Waals surface area contributed by atoms with E-state index in [2.05, 4.69) is 30.3 Å². The van der Waals surface area contributed by atoms with Gasteiger partial charge in [-0.25, -0.2) is 0 Å². The van der Waals surface area contributed by atoms with Gasteiger partial charge in [0.2, 0.25) is 0 Å². The topological polar surface area (TPSA) is 17.1 Å². The fraction of sp³-hybridized carbons (Fsp3) is 0.0714. The molecule has 0 amide bonds. The van der Waals surface area contributed by atoms with Crippen LogP contribution in [-0.4, -0.2) is 6.29 Å². The van der Waals surface area contributed by atoms with Crippen LogP contribution < -0.4 is 0 Å². The molecule has 0 aliphatic heterocycles. The molecule has 0 spiro atoms. The maximum absolute atomic E-state index is 10.8. The minimum atomic E-state index is 0.762. The van der Waals surface area contributed by atoms with Crippen molar-refractivity contribution in [3.05, 3.63) is 53.1 Å². The highest BCUT2D eigenvalue weighted by atomic mass is 16.1. The molecule has 72 valence electrons. The van der Waals surface area contributed by atoms with Crippen LogP contribution in [0.3, 0.4) is 0 Å². The van der Waals surface area contributed by atoms with Gasteiger partial charge in [0.1, 0.15) is 6.29 Å². The van der Waals surface area contributed by atoms with Crippen molar-refractivity contribution in [3.63, 3.8) is 0 Å². The first-order chi connectivity index (χ1) is 7.38. The molecule has 0 atom stereocenters. The Morgan fingerprint density at radius 1 is 1.07 bits per heavy atom. The van der Waals surface area contributed by atoms with Gasteiger partial charge in [-0.3, -0.25) is 4.79 Å². The van der Waals surface area contributed by atoms with Crippen LogP contribution >= 0.6 is 0 Å². The third-order valence-electron chi connectivity index (χ3n) is 2.91. The highest BCUT2D eigenvalue weighted by Crippen LogP contribution is 2.30. The van der Waals surface area contributed by atoms with E-state index in [4.69, 9.17) is 0 Å². The van der Waals surface area contributed by atoms with E-state index < -0.39 is 0 Å². The zero-order chi connectivity index (χ0) is 10.3. The van der Waals surface area contributed by atoms with Gasteiger partial charge in [0.25, 0.3) is 0 Å². The van der Waals surface area contributed by atoms with Crippen molar-refractivity contribution in [2.75, 3.05) is 0 Å². The molecule has 0 unspecified atom stereocenters. The van der Waals surface area contributed by atoms with Crippen LogP contribution in [0, 0.1) is 0 Å². The second-order valence-corrected chi connectivity index (χ2v) is 3.88. The molecule has 3 rings (SSSR count). The molecule has 2 aromatic carbocycles. The monoisotopic (exact) mass is 194 g/mol. The number of carbonyl (C=O) groups excluding carboxylic acids is 1. The standard InChI is InChI=1S/C14H10O/c15-9-10-7-12-5-1-3-11-4-2-6-13(8-10)14(11)12/h1-7,9H,8H2. The zero-order valence-electron chi connectivity index (χ0n) is 8.23. The number of hydrogen-bond donors (Lipinski definition) is 0. The summed E-state index contributed by atoms with van der Waals surface area (Å²) in [5.74, 6) is 0. The van der Waals surface area contributed by atoms with Crippen molar-refractivity contribution in [2.24, 2.45) is 0 Å². The molecule has 0 radical (unpaired) electrons. The van der Waals surface area contributed by atoms with Crippen LogP contribution in [0.1, 0.15) is 11.1 Å². The molecule has 0 saturated carbocycles. The van der Waals surface area contributed by atoms with E-state index in [0.29, 0.717) is 0 Å². The third-order valence-corrected chi connectivity index (χ3v) is 2.91. The van der Waals surface area contributed by atoms with E-state index in [1.54, 1.807) is 0 Å². The molecule has 1 aliphatic carbocycles. The number of aldehydes is 1. The van der Waals surface area contributed by atoms with Gasteiger partial charge in [-0.1, -0.05) is 36.4 Å². The summed E-state index contributed by atoms with van der Waals surface area (Å²) in [6, 6.07) is 12.5. The predicted molar refractivity (Wildman–Crippen MR) is 61.7 cm³/mol. The minimum absolute atomic E-state index is 0.762. The van der Waals surface area contributed by atoms with Gasteiger partial charge in [0.15, 0.2) is 0 Å². The van der Waals surface area contributed by atoms with Crippen LogP contribution in [0.15, 0.2) is 42.0 Å². The molecule has 1 heteroatoms. The van der Waals surface area contributed by atoms with E-state index in [1.807, 2.05) is 12.1 Å². The summed E-state index contributed by atoms with van der Waals surface area (Å²) in [7, 11) is 0. The van der Waals surface area contributed by atoms with Crippen molar-refractivity contribution in [1.29, 1.82) is 0 Å². The van der Waals surface area contributed by atoms with Gasteiger partial charge in [0, 0.05) is 6.42 Å². The van der Waals surface area contributed by atoms with Crippen LogP contribution in [0.25, 0.3) is 16.8 Å². The highest BCUT2D eigenvalue weighted by Gasteiger charge is 2.11. The molecule has 0 aromatic heterocycles. The van der Waals surface area contributed by atoms with Gasteiger partial charge < -0.3 is 0 Å².